The van der Waals surface area contributed by atoms with Crippen molar-refractivity contribution in [2.75, 3.05) is 5.32 Å². The molecular weight excluding hydrogens is 519 g/mol. The second-order valence-electron chi connectivity index (χ2n) is 7.78. The van der Waals surface area contributed by atoms with Crippen LogP contribution in [0.5, 0.6) is 0 Å². The van der Waals surface area contributed by atoms with Crippen LogP contribution < -0.4 is 5.32 Å². The lowest BCUT2D eigenvalue weighted by atomic mass is 10.0. The third-order valence-corrected chi connectivity index (χ3v) is 6.51. The van der Waals surface area contributed by atoms with Gasteiger partial charge in [0.15, 0.2) is 5.78 Å². The monoisotopic (exact) mass is 535 g/mol. The first-order chi connectivity index (χ1) is 17.0. The van der Waals surface area contributed by atoms with E-state index in [1.54, 1.807) is 30.1 Å². The minimum atomic E-state index is -4.69. The highest BCUT2D eigenvalue weighted by Gasteiger charge is 2.34. The van der Waals surface area contributed by atoms with Crippen molar-refractivity contribution in [3.8, 4) is 5.82 Å². The number of anilines is 1. The molecule has 9 nitrogen and oxygen atoms in total. The van der Waals surface area contributed by atoms with Gasteiger partial charge in [-0.05, 0) is 13.0 Å². The Morgan fingerprint density at radius 3 is 2.61 bits per heavy atom. The zero-order valence-electron chi connectivity index (χ0n) is 18.7. The Bertz CT molecular complexity index is 1440. The number of alkyl halides is 3. The molecule has 0 aliphatic carbocycles. The number of hydrogen-bond donors (Lipinski definition) is 1. The first-order valence-electron chi connectivity index (χ1n) is 10.4. The van der Waals surface area contributed by atoms with Crippen LogP contribution in [-0.2, 0) is 6.18 Å². The van der Waals surface area contributed by atoms with Gasteiger partial charge in [0.1, 0.15) is 34.9 Å². The molecule has 0 fully saturated rings. The number of carbonyl (C=O) groups is 2. The van der Waals surface area contributed by atoms with Crippen LogP contribution in [-0.4, -0.2) is 41.2 Å². The van der Waals surface area contributed by atoms with Crippen LogP contribution in [0.3, 0.4) is 0 Å². The maximum atomic E-state index is 13.0. The molecule has 186 valence electrons. The van der Waals surface area contributed by atoms with E-state index in [0.29, 0.717) is 16.9 Å². The van der Waals surface area contributed by atoms with E-state index in [1.165, 1.54) is 12.5 Å². The first-order valence-corrected chi connectivity index (χ1v) is 11.6. The van der Waals surface area contributed by atoms with Gasteiger partial charge in [-0.2, -0.15) is 13.2 Å². The molecule has 4 aromatic rings. The number of carbonyl (C=O) groups excluding carboxylic acids is 2. The number of nitrogens with one attached hydrogen (secondary N) is 1. The number of Topliss-reactive ketones (excluding diaryl/α,β-unsaturated/α-hetero) is 1. The van der Waals surface area contributed by atoms with Crippen molar-refractivity contribution in [2.24, 2.45) is 0 Å². The third-order valence-electron chi connectivity index (χ3n) is 4.98. The minimum absolute atomic E-state index is 0.0711. The Hall–Kier alpha value is -3.71. The molecule has 1 atom stereocenters. The summed E-state index contributed by atoms with van der Waals surface area (Å²) in [4.78, 5) is 45.8. The van der Waals surface area contributed by atoms with Crippen LogP contribution in [0.2, 0.25) is 5.02 Å². The lowest BCUT2D eigenvalue weighted by Crippen LogP contribution is -2.13. The molecule has 0 bridgehead atoms. The van der Waals surface area contributed by atoms with E-state index < -0.39 is 22.7 Å². The number of ketones is 1. The summed E-state index contributed by atoms with van der Waals surface area (Å²) in [5.74, 6) is -1.07. The molecule has 0 saturated heterocycles. The van der Waals surface area contributed by atoms with E-state index in [2.05, 4.69) is 30.2 Å². The van der Waals surface area contributed by atoms with Crippen LogP contribution in [0.1, 0.15) is 55.7 Å². The van der Waals surface area contributed by atoms with Gasteiger partial charge in [0.05, 0.1) is 27.5 Å². The van der Waals surface area contributed by atoms with Crippen molar-refractivity contribution in [1.29, 1.82) is 0 Å². The molecule has 1 unspecified atom stereocenters. The summed E-state index contributed by atoms with van der Waals surface area (Å²) in [6, 6.07) is 2.22. The number of hydrogen-bond acceptors (Lipinski definition) is 8. The molecule has 0 aromatic carbocycles. The van der Waals surface area contributed by atoms with Crippen LogP contribution in [0.25, 0.3) is 5.82 Å². The fraction of sp³-hybridized carbons (Fsp3) is 0.227. The molecular formula is C22H17ClF3N7O2S. The number of aromatic nitrogens is 6. The highest BCUT2D eigenvalue weighted by atomic mass is 35.5. The Labute approximate surface area is 211 Å². The van der Waals surface area contributed by atoms with Crippen LogP contribution in [0.15, 0.2) is 43.4 Å². The van der Waals surface area contributed by atoms with Gasteiger partial charge in [0, 0.05) is 30.8 Å². The molecule has 0 saturated carbocycles. The zero-order valence-corrected chi connectivity index (χ0v) is 20.3. The van der Waals surface area contributed by atoms with E-state index in [-0.39, 0.29) is 34.5 Å². The number of pyridine rings is 1. The Balaban J connectivity index is 1.43. The molecule has 4 heterocycles. The fourth-order valence-corrected chi connectivity index (χ4v) is 4.25. The number of amides is 1. The van der Waals surface area contributed by atoms with Crippen molar-refractivity contribution in [3.05, 3.63) is 75.2 Å². The van der Waals surface area contributed by atoms with Gasteiger partial charge in [0.25, 0.3) is 5.91 Å². The smallest absolute Gasteiger partial charge is 0.306 e. The van der Waals surface area contributed by atoms with Gasteiger partial charge in [0.2, 0.25) is 0 Å². The average molecular weight is 536 g/mol. The first kappa shape index (κ1) is 25.4. The van der Waals surface area contributed by atoms with Gasteiger partial charge in [-0.25, -0.2) is 24.9 Å². The van der Waals surface area contributed by atoms with E-state index in [9.17, 15) is 22.8 Å². The van der Waals surface area contributed by atoms with Crippen molar-refractivity contribution in [3.63, 3.8) is 0 Å². The molecule has 1 amide bonds. The van der Waals surface area contributed by atoms with Gasteiger partial charge in [-0.15, -0.1) is 11.3 Å². The third kappa shape index (κ3) is 5.74. The second-order valence-corrected chi connectivity index (χ2v) is 9.25. The van der Waals surface area contributed by atoms with Gasteiger partial charge in [-0.3, -0.25) is 14.2 Å². The molecule has 4 aromatic heterocycles. The zero-order chi connectivity index (χ0) is 26.0. The van der Waals surface area contributed by atoms with Crippen molar-refractivity contribution < 1.29 is 22.8 Å². The van der Waals surface area contributed by atoms with E-state index in [1.807, 2.05) is 6.92 Å². The largest absolute Gasteiger partial charge is 0.418 e. The topological polar surface area (TPSA) is 116 Å². The Kier molecular flexibility index (Phi) is 7.13. The average Bonchev–Trinajstić information content (AvgIpc) is 3.49. The summed E-state index contributed by atoms with van der Waals surface area (Å²) in [6.07, 6.45) is 2.14. The summed E-state index contributed by atoms with van der Waals surface area (Å²) >= 11 is 6.58. The maximum Gasteiger partial charge on any atom is 0.418 e. The summed E-state index contributed by atoms with van der Waals surface area (Å²) in [7, 11) is 0. The van der Waals surface area contributed by atoms with E-state index in [0.717, 1.165) is 23.2 Å². The normalized spacial score (nSPS) is 12.4. The molecule has 36 heavy (non-hydrogen) atoms. The van der Waals surface area contributed by atoms with E-state index >= 15 is 0 Å². The Morgan fingerprint density at radius 1 is 1.14 bits per heavy atom. The molecule has 14 heteroatoms. The van der Waals surface area contributed by atoms with Crippen LogP contribution in [0, 0.1) is 6.92 Å². The van der Waals surface area contributed by atoms with Gasteiger partial charge >= 0.3 is 6.18 Å². The number of aryl methyl sites for hydroxylation is 1. The van der Waals surface area contributed by atoms with Crippen LogP contribution >= 0.6 is 22.9 Å². The van der Waals surface area contributed by atoms with Gasteiger partial charge < -0.3 is 5.32 Å². The number of nitrogens with zero attached hydrogens (tertiary/aromatic N) is 6. The number of rotatable bonds is 7. The van der Waals surface area contributed by atoms with Crippen molar-refractivity contribution in [1.82, 2.24) is 29.5 Å². The summed E-state index contributed by atoms with van der Waals surface area (Å²) in [5.41, 5.74) is -0.0870. The molecule has 4 rings (SSSR count). The van der Waals surface area contributed by atoms with Crippen LogP contribution in [0.4, 0.5) is 19.0 Å². The fourth-order valence-electron chi connectivity index (χ4n) is 3.18. The van der Waals surface area contributed by atoms with Crippen molar-refractivity contribution in [2.45, 2.75) is 32.4 Å². The molecule has 0 aliphatic heterocycles. The van der Waals surface area contributed by atoms with Gasteiger partial charge in [-0.1, -0.05) is 18.5 Å². The Morgan fingerprint density at radius 2 is 1.92 bits per heavy atom. The quantitative estimate of drug-likeness (QED) is 0.326. The SMILES string of the molecule is Cc1cn(-c2cc(C(=O)CC(C)c3ncc(C(=O)Nc4cc(C(F)(F)F)c(Cl)cn4)s3)ncn2)cn1. The number of imidazole rings is 1. The maximum absolute atomic E-state index is 13.0. The lowest BCUT2D eigenvalue weighted by Gasteiger charge is -2.10. The molecule has 0 radical (unpaired) electrons. The number of thiazole rings is 1. The second kappa shape index (κ2) is 10.1. The summed E-state index contributed by atoms with van der Waals surface area (Å²) < 4.78 is 40.8. The molecule has 1 N–H and O–H groups in total. The minimum Gasteiger partial charge on any atom is -0.306 e. The highest BCUT2D eigenvalue weighted by molar-refractivity contribution is 7.13. The predicted octanol–water partition coefficient (Wildman–Crippen LogP) is 5.12. The molecule has 0 spiro atoms. The molecule has 0 aliphatic rings. The van der Waals surface area contributed by atoms with Crippen molar-refractivity contribution >= 4 is 40.4 Å². The summed E-state index contributed by atoms with van der Waals surface area (Å²) in [6.45, 7) is 3.61. The number of halogens is 4. The predicted molar refractivity (Wildman–Crippen MR) is 126 cm³/mol. The van der Waals surface area contributed by atoms with E-state index in [4.69, 9.17) is 11.6 Å². The summed E-state index contributed by atoms with van der Waals surface area (Å²) in [5, 5.41) is 2.24. The lowest BCUT2D eigenvalue weighted by molar-refractivity contribution is -0.137. The standard InChI is InChI=1S/C22H17ClF3N7O2S/c1-11(3-16(34)15-5-19(30-9-29-15)33-8-12(2)31-10-33)21-28-7-17(36-21)20(35)32-18-4-13(22(24,25)26)14(23)6-27-18/h4-11H,3H2,1-2H3,(H,27,32,35). The highest BCUT2D eigenvalue weighted by Crippen LogP contribution is 2.35.